The Kier molecular flexibility index (Phi) is 6.92. The molecule has 3 unspecified atom stereocenters. The maximum Gasteiger partial charge on any atom is 0.315 e. The largest absolute Gasteiger partial charge is 0.393 e. The van der Waals surface area contributed by atoms with Crippen LogP contribution in [0, 0.1) is 11.7 Å². The number of aliphatic hydroxyl groups excluding tert-OH is 1. The van der Waals surface area contributed by atoms with Crippen molar-refractivity contribution >= 4 is 17.6 Å². The third-order valence-electron chi connectivity index (χ3n) is 3.13. The van der Waals surface area contributed by atoms with Crippen molar-refractivity contribution in [3.63, 3.8) is 0 Å². The van der Waals surface area contributed by atoms with Crippen LogP contribution in [0.3, 0.4) is 0 Å². The summed E-state index contributed by atoms with van der Waals surface area (Å²) in [5.74, 6) is -0.291. The van der Waals surface area contributed by atoms with Gasteiger partial charge in [-0.15, -0.1) is 0 Å². The third-order valence-corrected chi connectivity index (χ3v) is 3.46. The Hall–Kier alpha value is -1.33. The molecule has 2 amide bonds. The van der Waals surface area contributed by atoms with Crippen molar-refractivity contribution < 1.29 is 14.3 Å². The number of benzene rings is 1. The first kappa shape index (κ1) is 17.7. The number of carbonyl (C=O) groups excluding carboxylic acids is 1. The molecule has 0 spiro atoms. The Bertz CT molecular complexity index is 462. The fourth-order valence-corrected chi connectivity index (χ4v) is 2.50. The van der Waals surface area contributed by atoms with Crippen molar-refractivity contribution in [1.82, 2.24) is 10.6 Å². The number of hydrogen-bond donors (Lipinski definition) is 3. The lowest BCUT2D eigenvalue weighted by Crippen LogP contribution is -2.39. The van der Waals surface area contributed by atoms with Crippen LogP contribution in [0.15, 0.2) is 18.2 Å². The number of carbonyl (C=O) groups is 1. The molecule has 0 fully saturated rings. The Morgan fingerprint density at radius 3 is 2.62 bits per heavy atom. The number of nitrogens with one attached hydrogen (secondary N) is 2. The first-order chi connectivity index (χ1) is 9.81. The van der Waals surface area contributed by atoms with E-state index in [1.807, 2.05) is 6.92 Å². The van der Waals surface area contributed by atoms with Crippen LogP contribution in [0.2, 0.25) is 5.02 Å². The number of amides is 2. The lowest BCUT2D eigenvalue weighted by Gasteiger charge is -2.19. The van der Waals surface area contributed by atoms with Crippen LogP contribution in [0.4, 0.5) is 9.18 Å². The minimum absolute atomic E-state index is 0.156. The van der Waals surface area contributed by atoms with E-state index in [1.54, 1.807) is 19.9 Å². The summed E-state index contributed by atoms with van der Waals surface area (Å²) in [6.45, 7) is 5.75. The number of halogens is 2. The predicted octanol–water partition coefficient (Wildman–Crippen LogP) is 3.25. The molecule has 1 rings (SSSR count). The molecule has 0 aliphatic rings. The summed E-state index contributed by atoms with van der Waals surface area (Å²) in [6.07, 6.45) is 0.204. The van der Waals surface area contributed by atoms with Crippen molar-refractivity contribution in [2.45, 2.75) is 39.3 Å². The topological polar surface area (TPSA) is 61.4 Å². The summed E-state index contributed by atoms with van der Waals surface area (Å²) in [6, 6.07) is 3.49. The Morgan fingerprint density at radius 2 is 2.05 bits per heavy atom. The Balaban J connectivity index is 2.51. The molecule has 0 aliphatic heterocycles. The molecular weight excluding hydrogens is 295 g/mol. The molecule has 6 heteroatoms. The molecule has 0 radical (unpaired) electrons. The second kappa shape index (κ2) is 8.20. The van der Waals surface area contributed by atoms with Gasteiger partial charge in [0.05, 0.1) is 12.1 Å². The molecule has 1 aromatic rings. The van der Waals surface area contributed by atoms with Crippen LogP contribution in [0.25, 0.3) is 0 Å². The second-order valence-electron chi connectivity index (χ2n) is 5.40. The molecule has 4 nitrogen and oxygen atoms in total. The van der Waals surface area contributed by atoms with E-state index < -0.39 is 18.0 Å². The lowest BCUT2D eigenvalue weighted by atomic mass is 10.1. The molecule has 0 saturated carbocycles. The number of urea groups is 1. The van der Waals surface area contributed by atoms with Crippen molar-refractivity contribution in [3.8, 4) is 0 Å². The fraction of sp³-hybridized carbons (Fsp3) is 0.533. The summed E-state index contributed by atoms with van der Waals surface area (Å²) < 4.78 is 13.7. The highest BCUT2D eigenvalue weighted by molar-refractivity contribution is 6.31. The van der Waals surface area contributed by atoms with Crippen molar-refractivity contribution in [3.05, 3.63) is 34.6 Å². The molecule has 0 aromatic heterocycles. The minimum atomic E-state index is -0.536. The van der Waals surface area contributed by atoms with Crippen LogP contribution < -0.4 is 10.6 Å². The van der Waals surface area contributed by atoms with Crippen LogP contribution >= 0.6 is 11.6 Å². The molecule has 118 valence electrons. The van der Waals surface area contributed by atoms with E-state index in [0.717, 1.165) is 0 Å². The van der Waals surface area contributed by atoms with Gasteiger partial charge in [0.2, 0.25) is 0 Å². The molecule has 0 saturated heterocycles. The molecule has 0 bridgehead atoms. The van der Waals surface area contributed by atoms with Gasteiger partial charge >= 0.3 is 6.03 Å². The summed E-state index contributed by atoms with van der Waals surface area (Å²) in [4.78, 5) is 11.8. The highest BCUT2D eigenvalue weighted by Crippen LogP contribution is 2.25. The van der Waals surface area contributed by atoms with Gasteiger partial charge in [0, 0.05) is 17.1 Å². The molecular formula is C15H22ClFN2O2. The van der Waals surface area contributed by atoms with E-state index in [-0.39, 0.29) is 22.5 Å². The second-order valence-corrected chi connectivity index (χ2v) is 5.81. The van der Waals surface area contributed by atoms with Gasteiger partial charge in [0.15, 0.2) is 0 Å². The van der Waals surface area contributed by atoms with Crippen molar-refractivity contribution in [2.75, 3.05) is 6.54 Å². The molecule has 21 heavy (non-hydrogen) atoms. The van der Waals surface area contributed by atoms with Crippen LogP contribution in [-0.2, 0) is 0 Å². The van der Waals surface area contributed by atoms with E-state index in [4.69, 9.17) is 11.6 Å². The average Bonchev–Trinajstić information content (AvgIpc) is 2.35. The number of aliphatic hydroxyl groups is 1. The minimum Gasteiger partial charge on any atom is -0.393 e. The van der Waals surface area contributed by atoms with Crippen molar-refractivity contribution in [2.24, 2.45) is 5.92 Å². The smallest absolute Gasteiger partial charge is 0.315 e. The molecule has 0 heterocycles. The zero-order valence-electron chi connectivity index (χ0n) is 12.5. The predicted molar refractivity (Wildman–Crippen MR) is 81.8 cm³/mol. The van der Waals surface area contributed by atoms with Crippen molar-refractivity contribution in [1.29, 1.82) is 0 Å². The Labute approximate surface area is 129 Å². The van der Waals surface area contributed by atoms with Crippen LogP contribution in [-0.4, -0.2) is 23.8 Å². The summed E-state index contributed by atoms with van der Waals surface area (Å²) in [7, 11) is 0. The van der Waals surface area contributed by atoms with Gasteiger partial charge in [0.25, 0.3) is 0 Å². The standard InChI is InChI=1S/C15H22ClFN2O2/c1-9(7-10(2)20)8-18-15(21)19-11(3)14-12(16)5-4-6-13(14)17/h4-6,9-11,20H,7-8H2,1-3H3,(H2,18,19,21). The first-order valence-electron chi connectivity index (χ1n) is 6.97. The normalized spacial score (nSPS) is 15.1. The van der Waals surface area contributed by atoms with Gasteiger partial charge in [-0.05, 0) is 38.3 Å². The van der Waals surface area contributed by atoms with Crippen LogP contribution in [0.5, 0.6) is 0 Å². The maximum absolute atomic E-state index is 13.7. The van der Waals surface area contributed by atoms with Gasteiger partial charge in [-0.1, -0.05) is 24.6 Å². The van der Waals surface area contributed by atoms with E-state index in [9.17, 15) is 14.3 Å². The lowest BCUT2D eigenvalue weighted by molar-refractivity contribution is 0.163. The monoisotopic (exact) mass is 316 g/mol. The quantitative estimate of drug-likeness (QED) is 0.754. The molecule has 3 atom stereocenters. The summed E-state index contributed by atoms with van der Waals surface area (Å²) in [5, 5.41) is 14.9. The number of hydrogen-bond acceptors (Lipinski definition) is 2. The third kappa shape index (κ3) is 5.89. The number of rotatable bonds is 6. The molecule has 0 aliphatic carbocycles. The van der Waals surface area contributed by atoms with Gasteiger partial charge < -0.3 is 15.7 Å². The zero-order chi connectivity index (χ0) is 16.0. The molecule has 1 aromatic carbocycles. The zero-order valence-corrected chi connectivity index (χ0v) is 13.2. The van der Waals surface area contributed by atoms with E-state index in [0.29, 0.717) is 13.0 Å². The summed E-state index contributed by atoms with van der Waals surface area (Å²) in [5.41, 5.74) is 0.270. The maximum atomic E-state index is 13.7. The van der Waals surface area contributed by atoms with E-state index in [2.05, 4.69) is 10.6 Å². The van der Waals surface area contributed by atoms with E-state index >= 15 is 0 Å². The van der Waals surface area contributed by atoms with Gasteiger partial charge in [-0.3, -0.25) is 0 Å². The fourth-order valence-electron chi connectivity index (χ4n) is 2.18. The molecule has 3 N–H and O–H groups in total. The average molecular weight is 317 g/mol. The van der Waals surface area contributed by atoms with E-state index in [1.165, 1.54) is 12.1 Å². The van der Waals surface area contributed by atoms with Gasteiger partial charge in [0.1, 0.15) is 5.82 Å². The highest BCUT2D eigenvalue weighted by Gasteiger charge is 2.17. The summed E-state index contributed by atoms with van der Waals surface area (Å²) >= 11 is 5.95. The van der Waals surface area contributed by atoms with Gasteiger partial charge in [-0.25, -0.2) is 9.18 Å². The SMILES string of the molecule is CC(O)CC(C)CNC(=O)NC(C)c1c(F)cccc1Cl. The van der Waals surface area contributed by atoms with Crippen LogP contribution in [0.1, 0.15) is 38.8 Å². The van der Waals surface area contributed by atoms with Gasteiger partial charge in [-0.2, -0.15) is 0 Å². The Morgan fingerprint density at radius 1 is 1.38 bits per heavy atom. The highest BCUT2D eigenvalue weighted by atomic mass is 35.5. The first-order valence-corrected chi connectivity index (χ1v) is 7.35.